The molecule has 5 saturated carbocycles. The third kappa shape index (κ3) is 2.92. The maximum atomic E-state index is 13.2. The minimum atomic E-state index is -3.24. The lowest BCUT2D eigenvalue weighted by atomic mass is 9.45. The molecule has 3 nitrogen and oxygen atoms in total. The van der Waals surface area contributed by atoms with Crippen molar-refractivity contribution in [1.82, 2.24) is 0 Å². The van der Waals surface area contributed by atoms with Gasteiger partial charge in [-0.3, -0.25) is 0 Å². The molecule has 1 spiro atoms. The summed E-state index contributed by atoms with van der Waals surface area (Å²) in [5.41, 5.74) is 1.21. The molecule has 5 aliphatic rings. The predicted octanol–water partition coefficient (Wildman–Crippen LogP) is 6.38. The van der Waals surface area contributed by atoms with E-state index in [1.54, 1.807) is 12.1 Å². The molecule has 0 saturated heterocycles. The average molecular weight is 471 g/mol. The van der Waals surface area contributed by atoms with Crippen molar-refractivity contribution in [2.24, 2.45) is 51.8 Å². The predicted molar refractivity (Wildman–Crippen MR) is 131 cm³/mol. The van der Waals surface area contributed by atoms with E-state index in [1.165, 1.54) is 51.4 Å². The van der Waals surface area contributed by atoms with Gasteiger partial charge in [0.25, 0.3) is 0 Å². The highest BCUT2D eigenvalue weighted by Gasteiger charge is 2.77. The molecule has 0 N–H and O–H groups in total. The number of hydrogen-bond acceptors (Lipinski definition) is 3. The summed E-state index contributed by atoms with van der Waals surface area (Å²) in [4.78, 5) is 0.480. The second kappa shape index (κ2) is 7.32. The fourth-order valence-electron chi connectivity index (χ4n) is 10.7. The Morgan fingerprint density at radius 3 is 2.48 bits per heavy atom. The van der Waals surface area contributed by atoms with Crippen LogP contribution in [0.3, 0.4) is 0 Å². The number of ether oxygens (including phenoxy) is 1. The Hall–Kier alpha value is -0.870. The molecule has 5 fully saturated rings. The lowest BCUT2D eigenvalue weighted by Gasteiger charge is -2.61. The first-order valence-corrected chi connectivity index (χ1v) is 15.1. The molecule has 1 aromatic carbocycles. The molecule has 0 bridgehead atoms. The second-order valence-corrected chi connectivity index (χ2v) is 15.1. The van der Waals surface area contributed by atoms with E-state index in [4.69, 9.17) is 4.74 Å². The molecule has 4 heteroatoms. The molecule has 0 aliphatic heterocycles. The zero-order valence-corrected chi connectivity index (χ0v) is 21.7. The Balaban J connectivity index is 1.25. The molecule has 0 aromatic heterocycles. The molecule has 0 heterocycles. The highest BCUT2D eigenvalue weighted by Crippen LogP contribution is 2.82. The summed E-state index contributed by atoms with van der Waals surface area (Å²) < 4.78 is 32.6. The highest BCUT2D eigenvalue weighted by atomic mass is 32.2. The van der Waals surface area contributed by atoms with Crippen molar-refractivity contribution in [2.45, 2.75) is 83.1 Å². The molecule has 0 unspecified atom stereocenters. The SMILES string of the molecule is CO[C@@H]1C[C@H]2[C@@H]3CC[C@H]([C@H](C)CS(=O)(=O)c4ccccc4)[C@@]3(C)CC[C@@H]2[C@@]2(C)CC[C@H]3C[C@]312. The first-order valence-electron chi connectivity index (χ1n) is 13.5. The summed E-state index contributed by atoms with van der Waals surface area (Å²) in [5.74, 6) is 4.23. The fraction of sp³-hybridized carbons (Fsp3) is 0.793. The quantitative estimate of drug-likeness (QED) is 0.501. The van der Waals surface area contributed by atoms with Gasteiger partial charge < -0.3 is 4.74 Å². The van der Waals surface area contributed by atoms with E-state index in [0.29, 0.717) is 27.7 Å². The van der Waals surface area contributed by atoms with Crippen molar-refractivity contribution < 1.29 is 13.2 Å². The summed E-state index contributed by atoms with van der Waals surface area (Å²) in [6.45, 7) is 7.37. The molecule has 0 radical (unpaired) electrons. The minimum absolute atomic E-state index is 0.199. The zero-order chi connectivity index (χ0) is 23.2. The van der Waals surface area contributed by atoms with Gasteiger partial charge in [0.05, 0.1) is 16.8 Å². The molecule has 1 aromatic rings. The lowest BCUT2D eigenvalue weighted by Crippen LogP contribution is -2.57. The second-order valence-electron chi connectivity index (χ2n) is 13.0. The summed E-state index contributed by atoms with van der Waals surface area (Å²) in [5, 5.41) is 0. The van der Waals surface area contributed by atoms with Crippen molar-refractivity contribution >= 4 is 9.84 Å². The van der Waals surface area contributed by atoms with E-state index in [9.17, 15) is 8.42 Å². The van der Waals surface area contributed by atoms with E-state index < -0.39 is 9.84 Å². The minimum Gasteiger partial charge on any atom is -0.381 e. The van der Waals surface area contributed by atoms with Gasteiger partial charge in [0.15, 0.2) is 9.84 Å². The standard InChI is InChI=1S/C29H42O3S/c1-19(18-33(30,31)21-8-6-5-7-9-21)23-10-11-24-22-16-26(32-4)29-17-20(29)12-15-28(29,3)25(22)13-14-27(23,24)2/h5-9,19-20,22-26H,10-18H2,1-4H3/t19-,20+,22+,23-,24+,25+,26-,27-,28-,29+/m1/s1. The van der Waals surface area contributed by atoms with Gasteiger partial charge in [-0.1, -0.05) is 39.0 Å². The first-order chi connectivity index (χ1) is 15.7. The number of rotatable bonds is 5. The molecule has 33 heavy (non-hydrogen) atoms. The largest absolute Gasteiger partial charge is 0.381 e. The van der Waals surface area contributed by atoms with Crippen LogP contribution in [0, 0.1) is 51.8 Å². The van der Waals surface area contributed by atoms with E-state index >= 15 is 0 Å². The van der Waals surface area contributed by atoms with Crippen LogP contribution in [0.2, 0.25) is 0 Å². The highest BCUT2D eigenvalue weighted by molar-refractivity contribution is 7.91. The van der Waals surface area contributed by atoms with Crippen molar-refractivity contribution in [2.75, 3.05) is 12.9 Å². The van der Waals surface area contributed by atoms with Gasteiger partial charge in [-0.25, -0.2) is 8.42 Å². The van der Waals surface area contributed by atoms with Gasteiger partial charge in [0.2, 0.25) is 0 Å². The Morgan fingerprint density at radius 2 is 1.79 bits per heavy atom. The van der Waals surface area contributed by atoms with Crippen LogP contribution in [0.1, 0.15) is 72.1 Å². The van der Waals surface area contributed by atoms with Crippen molar-refractivity contribution in [1.29, 1.82) is 0 Å². The van der Waals surface area contributed by atoms with Crippen molar-refractivity contribution in [3.63, 3.8) is 0 Å². The van der Waals surface area contributed by atoms with Crippen LogP contribution in [0.25, 0.3) is 0 Å². The third-order valence-electron chi connectivity index (χ3n) is 12.2. The molecule has 5 aliphatic carbocycles. The van der Waals surface area contributed by atoms with Gasteiger partial charge in [-0.2, -0.15) is 0 Å². The van der Waals surface area contributed by atoms with E-state index in [1.807, 2.05) is 25.3 Å². The normalized spacial score (nSPS) is 49.0. The topological polar surface area (TPSA) is 43.4 Å². The first kappa shape index (κ1) is 22.6. The Morgan fingerprint density at radius 1 is 1.03 bits per heavy atom. The number of sulfone groups is 1. The summed E-state index contributed by atoms with van der Waals surface area (Å²) in [7, 11) is -1.28. The summed E-state index contributed by atoms with van der Waals surface area (Å²) in [6, 6.07) is 9.06. The molecular formula is C29H42O3S. The zero-order valence-electron chi connectivity index (χ0n) is 20.9. The van der Waals surface area contributed by atoms with Gasteiger partial charge in [0.1, 0.15) is 0 Å². The number of benzene rings is 1. The monoisotopic (exact) mass is 470 g/mol. The Kier molecular flexibility index (Phi) is 5.01. The number of hydrogen-bond donors (Lipinski definition) is 0. The van der Waals surface area contributed by atoms with E-state index in [-0.39, 0.29) is 17.1 Å². The number of fused-ring (bicyclic) bond motifs is 4. The average Bonchev–Trinajstić information content (AvgIpc) is 3.30. The molecule has 0 amide bonds. The van der Waals surface area contributed by atoms with Crippen LogP contribution in [0.5, 0.6) is 0 Å². The van der Waals surface area contributed by atoms with Gasteiger partial charge in [-0.15, -0.1) is 0 Å². The van der Waals surface area contributed by atoms with E-state index in [0.717, 1.165) is 23.7 Å². The van der Waals surface area contributed by atoms with Gasteiger partial charge in [-0.05, 0) is 110 Å². The van der Waals surface area contributed by atoms with Gasteiger partial charge in [0, 0.05) is 12.5 Å². The fourth-order valence-corrected chi connectivity index (χ4v) is 12.4. The van der Waals surface area contributed by atoms with Crippen LogP contribution in [0.4, 0.5) is 0 Å². The summed E-state index contributed by atoms with van der Waals surface area (Å²) >= 11 is 0. The summed E-state index contributed by atoms with van der Waals surface area (Å²) in [6.07, 6.45) is 11.0. The van der Waals surface area contributed by atoms with Crippen LogP contribution in [0.15, 0.2) is 35.2 Å². The third-order valence-corrected chi connectivity index (χ3v) is 14.1. The maximum Gasteiger partial charge on any atom is 0.178 e. The van der Waals surface area contributed by atoms with Crippen LogP contribution >= 0.6 is 0 Å². The van der Waals surface area contributed by atoms with E-state index in [2.05, 4.69) is 20.8 Å². The molecule has 6 rings (SSSR count). The van der Waals surface area contributed by atoms with Crippen LogP contribution < -0.4 is 0 Å². The van der Waals surface area contributed by atoms with Crippen molar-refractivity contribution in [3.05, 3.63) is 30.3 Å². The van der Waals surface area contributed by atoms with Gasteiger partial charge >= 0.3 is 0 Å². The molecule has 182 valence electrons. The maximum absolute atomic E-state index is 13.2. The number of methoxy groups -OCH3 is 1. The molecule has 10 atom stereocenters. The van der Waals surface area contributed by atoms with Crippen molar-refractivity contribution in [3.8, 4) is 0 Å². The molecular weight excluding hydrogens is 428 g/mol. The Labute approximate surface area is 201 Å². The van der Waals surface area contributed by atoms with Crippen LogP contribution in [-0.4, -0.2) is 27.4 Å². The smallest absolute Gasteiger partial charge is 0.178 e. The van der Waals surface area contributed by atoms with Crippen LogP contribution in [-0.2, 0) is 14.6 Å². The Bertz CT molecular complexity index is 1020. The lowest BCUT2D eigenvalue weighted by molar-refractivity contribution is -0.160.